The Bertz CT molecular complexity index is 1410. The van der Waals surface area contributed by atoms with Crippen LogP contribution in [0.25, 0.3) is 5.76 Å². The van der Waals surface area contributed by atoms with Gasteiger partial charge in [0.2, 0.25) is 5.78 Å². The number of nitrogens with zero attached hydrogens (tertiary/aromatic N) is 3. The van der Waals surface area contributed by atoms with Gasteiger partial charge >= 0.3 is 6.03 Å². The Kier molecular flexibility index (Phi) is 7.08. The van der Waals surface area contributed by atoms with Crippen LogP contribution in [0.15, 0.2) is 29.0 Å². The van der Waals surface area contributed by atoms with Crippen molar-refractivity contribution >= 4 is 40.6 Å². The van der Waals surface area contributed by atoms with Crippen molar-refractivity contribution in [3.63, 3.8) is 0 Å². The number of nitrogens with one attached hydrogen (secondary N) is 2. The molecule has 3 amide bonds. The van der Waals surface area contributed by atoms with Crippen molar-refractivity contribution in [1.29, 1.82) is 0 Å². The van der Waals surface area contributed by atoms with Crippen LogP contribution in [0.1, 0.15) is 30.4 Å². The predicted molar refractivity (Wildman–Crippen MR) is 150 cm³/mol. The highest BCUT2D eigenvalue weighted by atomic mass is 16.3. The van der Waals surface area contributed by atoms with Crippen molar-refractivity contribution in [2.45, 2.75) is 37.3 Å². The molecule has 1 saturated heterocycles. The lowest BCUT2D eigenvalue weighted by Crippen LogP contribution is -2.65. The van der Waals surface area contributed by atoms with Crippen LogP contribution in [-0.2, 0) is 20.8 Å². The van der Waals surface area contributed by atoms with Crippen LogP contribution in [0.5, 0.6) is 0 Å². The molecule has 1 aliphatic heterocycles. The minimum atomic E-state index is -2.64. The Balaban J connectivity index is 1.60. The maximum absolute atomic E-state index is 14.0. The van der Waals surface area contributed by atoms with Crippen molar-refractivity contribution in [1.82, 2.24) is 15.3 Å². The molecule has 0 spiro atoms. The lowest BCUT2D eigenvalue weighted by atomic mass is 9.57. The average molecular weight is 569 g/mol. The lowest BCUT2D eigenvalue weighted by Gasteiger charge is -2.50. The Morgan fingerprint density at radius 2 is 1.76 bits per heavy atom. The SMILES string of the molecule is CN(C)c1cc(NC(=O)NN2CCCC2)cc2c1CC1CC3[C@H](N(C)C)C(=O)C(C(N)=O)=C(O)[C@@]3(O)C(=O)C1=C2O. The summed E-state index contributed by atoms with van der Waals surface area (Å²) in [5, 5.41) is 38.9. The fourth-order valence-electron chi connectivity index (χ4n) is 6.83. The molecule has 0 radical (unpaired) electrons. The molecule has 0 bridgehead atoms. The Morgan fingerprint density at radius 1 is 1.10 bits per heavy atom. The van der Waals surface area contributed by atoms with Crippen LogP contribution in [0.2, 0.25) is 0 Å². The van der Waals surface area contributed by atoms with E-state index in [1.54, 1.807) is 26.2 Å². The van der Waals surface area contributed by atoms with Crippen molar-refractivity contribution in [3.8, 4) is 0 Å². The molecule has 41 heavy (non-hydrogen) atoms. The van der Waals surface area contributed by atoms with Gasteiger partial charge in [0.15, 0.2) is 11.4 Å². The smallest absolute Gasteiger partial charge is 0.333 e. The number of benzene rings is 1. The Hall–Kier alpha value is -3.94. The number of rotatable bonds is 5. The second kappa shape index (κ2) is 10.2. The summed E-state index contributed by atoms with van der Waals surface area (Å²) >= 11 is 0. The first-order chi connectivity index (χ1) is 19.3. The number of urea groups is 1. The standard InChI is InChI=1S/C28H36N6O7/c1-32(2)18-12-14(30-27(40)31-34-7-5-6-8-34)11-16-15(18)9-13-10-17-21(33(3)4)23(36)20(26(29)39)25(38)28(17,41)24(37)19(13)22(16)35/h11-13,17,21,35,38,41H,5-10H2,1-4H3,(H2,29,39)(H2,30,31,40)/t13?,17?,21-,28-/m0/s1. The summed E-state index contributed by atoms with van der Waals surface area (Å²) in [6, 6.07) is 1.79. The molecule has 13 nitrogen and oxygen atoms in total. The summed E-state index contributed by atoms with van der Waals surface area (Å²) in [7, 11) is 6.79. The van der Waals surface area contributed by atoms with Gasteiger partial charge in [-0.15, -0.1) is 0 Å². The third-order valence-electron chi connectivity index (χ3n) is 8.66. The Morgan fingerprint density at radius 3 is 2.34 bits per heavy atom. The van der Waals surface area contributed by atoms with Gasteiger partial charge < -0.3 is 31.3 Å². The van der Waals surface area contributed by atoms with Gasteiger partial charge in [0.1, 0.15) is 17.1 Å². The summed E-state index contributed by atoms with van der Waals surface area (Å²) in [6.07, 6.45) is 2.34. The highest BCUT2D eigenvalue weighted by Gasteiger charge is 2.64. The monoisotopic (exact) mass is 568 g/mol. The Labute approximate surface area is 237 Å². The van der Waals surface area contributed by atoms with Crippen molar-refractivity contribution in [3.05, 3.63) is 40.2 Å². The molecule has 1 aromatic rings. The van der Waals surface area contributed by atoms with Gasteiger partial charge in [-0.1, -0.05) is 0 Å². The van der Waals surface area contributed by atoms with Crippen molar-refractivity contribution in [2.24, 2.45) is 17.6 Å². The molecule has 5 rings (SSSR count). The van der Waals surface area contributed by atoms with Crippen LogP contribution >= 0.6 is 0 Å². The van der Waals surface area contributed by atoms with Gasteiger partial charge in [0.05, 0.1) is 6.04 Å². The van der Waals surface area contributed by atoms with Gasteiger partial charge in [-0.05, 0) is 63.4 Å². The summed E-state index contributed by atoms with van der Waals surface area (Å²) in [4.78, 5) is 55.4. The first-order valence-corrected chi connectivity index (χ1v) is 13.6. The molecule has 0 aromatic heterocycles. The van der Waals surface area contributed by atoms with Gasteiger partial charge in [0, 0.05) is 55.6 Å². The third kappa shape index (κ3) is 4.44. The summed E-state index contributed by atoms with van der Waals surface area (Å²) < 4.78 is 0. The van der Waals surface area contributed by atoms with Crippen LogP contribution in [0.3, 0.4) is 0 Å². The number of hydrogen-bond donors (Lipinski definition) is 6. The molecule has 3 aliphatic carbocycles. The van der Waals surface area contributed by atoms with E-state index in [9.17, 15) is 34.5 Å². The number of carbonyl (C=O) groups excluding carboxylic acids is 4. The first-order valence-electron chi connectivity index (χ1n) is 13.6. The number of nitrogens with two attached hydrogens (primary N) is 1. The van der Waals surface area contributed by atoms with E-state index < -0.39 is 64.1 Å². The van der Waals surface area contributed by atoms with Crippen molar-refractivity contribution < 1.29 is 34.5 Å². The van der Waals surface area contributed by atoms with Crippen LogP contribution in [0, 0.1) is 11.8 Å². The highest BCUT2D eigenvalue weighted by Crippen LogP contribution is 2.52. The summed E-state index contributed by atoms with van der Waals surface area (Å²) in [6.45, 7) is 1.50. The van der Waals surface area contributed by atoms with Crippen molar-refractivity contribution in [2.75, 3.05) is 51.5 Å². The number of anilines is 2. The normalized spacial score (nSPS) is 27.9. The maximum Gasteiger partial charge on any atom is 0.333 e. The second-order valence-electron chi connectivity index (χ2n) is 11.6. The zero-order chi connectivity index (χ0) is 30.0. The number of aliphatic hydroxyl groups is 3. The molecule has 7 N–H and O–H groups in total. The third-order valence-corrected chi connectivity index (χ3v) is 8.66. The number of hydrogen-bond acceptors (Lipinski definition) is 10. The fraction of sp³-hybridized carbons (Fsp3) is 0.500. The van der Waals surface area contributed by atoms with Gasteiger partial charge in [-0.25, -0.2) is 9.80 Å². The molecule has 1 saturated carbocycles. The number of ketones is 2. The lowest BCUT2D eigenvalue weighted by molar-refractivity contribution is -0.153. The van der Waals surface area contributed by atoms with E-state index in [0.717, 1.165) is 31.5 Å². The zero-order valence-corrected chi connectivity index (χ0v) is 23.5. The molecule has 4 aliphatic rings. The van der Waals surface area contributed by atoms with Crippen LogP contribution < -0.4 is 21.4 Å². The van der Waals surface area contributed by atoms with Gasteiger partial charge in [-0.2, -0.15) is 0 Å². The zero-order valence-electron chi connectivity index (χ0n) is 23.5. The molecule has 4 atom stereocenters. The molecule has 220 valence electrons. The number of fused-ring (bicyclic) bond motifs is 3. The van der Waals surface area contributed by atoms with Crippen LogP contribution in [-0.4, -0.2) is 102 Å². The van der Waals surface area contributed by atoms with Gasteiger partial charge in [0.25, 0.3) is 5.91 Å². The largest absolute Gasteiger partial charge is 0.508 e. The number of Topliss-reactive ketones (excluding diaryl/α,β-unsaturated/α-hetero) is 2. The summed E-state index contributed by atoms with van der Waals surface area (Å²) in [5.41, 5.74) is 6.72. The van der Waals surface area contributed by atoms with Gasteiger partial charge in [-0.3, -0.25) is 24.7 Å². The number of amides is 3. The highest BCUT2D eigenvalue weighted by molar-refractivity contribution is 6.24. The van der Waals surface area contributed by atoms with Crippen LogP contribution in [0.4, 0.5) is 16.2 Å². The maximum atomic E-state index is 14.0. The predicted octanol–water partition coefficient (Wildman–Crippen LogP) is 0.457. The molecule has 13 heteroatoms. The first kappa shape index (κ1) is 28.6. The molecule has 2 unspecified atom stereocenters. The molecular formula is C28H36N6O7. The molecule has 1 heterocycles. The number of likely N-dealkylation sites (N-methyl/N-ethyl adjacent to an activating group) is 1. The van der Waals surface area contributed by atoms with E-state index in [1.165, 1.54) is 4.90 Å². The average Bonchev–Trinajstić information content (AvgIpc) is 3.38. The minimum absolute atomic E-state index is 0.0663. The molecule has 2 fully saturated rings. The topological polar surface area (TPSA) is 189 Å². The fourth-order valence-corrected chi connectivity index (χ4v) is 6.83. The van der Waals surface area contributed by atoms with E-state index in [1.807, 2.05) is 24.0 Å². The van der Waals surface area contributed by atoms with E-state index in [-0.39, 0.29) is 12.0 Å². The number of carbonyl (C=O) groups is 4. The number of hydrazine groups is 1. The quantitative estimate of drug-likeness (QED) is 0.272. The molecular weight excluding hydrogens is 532 g/mol. The number of primary amides is 1. The molecule has 1 aromatic carbocycles. The summed E-state index contributed by atoms with van der Waals surface area (Å²) in [5.74, 6) is -6.19. The number of aliphatic hydroxyl groups excluding tert-OH is 2. The van der Waals surface area contributed by atoms with E-state index in [4.69, 9.17) is 5.73 Å². The van der Waals surface area contributed by atoms with E-state index >= 15 is 0 Å². The van der Waals surface area contributed by atoms with E-state index in [2.05, 4.69) is 10.7 Å². The van der Waals surface area contributed by atoms with E-state index in [0.29, 0.717) is 23.4 Å². The second-order valence-corrected chi connectivity index (χ2v) is 11.6. The minimum Gasteiger partial charge on any atom is -0.508 e.